The van der Waals surface area contributed by atoms with Crippen LogP contribution in [0.3, 0.4) is 0 Å². The van der Waals surface area contributed by atoms with E-state index in [1.807, 2.05) is 30.3 Å². The Morgan fingerprint density at radius 3 is 2.89 bits per heavy atom. The van der Waals surface area contributed by atoms with Gasteiger partial charge in [0.2, 0.25) is 0 Å². The first-order chi connectivity index (χ1) is 8.74. The highest BCUT2D eigenvalue weighted by Crippen LogP contribution is 2.13. The molecule has 1 unspecified atom stereocenters. The first-order valence-electron chi connectivity index (χ1n) is 6.66. The number of rotatable bonds is 4. The van der Waals surface area contributed by atoms with E-state index in [1.165, 1.54) is 5.56 Å². The zero-order chi connectivity index (χ0) is 12.8. The van der Waals surface area contributed by atoms with E-state index in [1.54, 1.807) is 0 Å². The molecule has 1 aliphatic rings. The number of hydrogen-bond acceptors (Lipinski definition) is 3. The van der Waals surface area contributed by atoms with Crippen LogP contribution in [0.1, 0.15) is 24.8 Å². The van der Waals surface area contributed by atoms with Gasteiger partial charge < -0.3 is 9.64 Å². The van der Waals surface area contributed by atoms with Crippen LogP contribution >= 0.6 is 0 Å². The van der Waals surface area contributed by atoms with Gasteiger partial charge >= 0.3 is 5.97 Å². The summed E-state index contributed by atoms with van der Waals surface area (Å²) >= 11 is 0. The predicted molar refractivity (Wildman–Crippen MR) is 71.4 cm³/mol. The molecule has 0 radical (unpaired) electrons. The zero-order valence-electron chi connectivity index (χ0n) is 11.0. The van der Waals surface area contributed by atoms with E-state index in [0.29, 0.717) is 6.42 Å². The van der Waals surface area contributed by atoms with Gasteiger partial charge in [-0.15, -0.1) is 0 Å². The van der Waals surface area contributed by atoms with Crippen molar-refractivity contribution < 1.29 is 9.53 Å². The highest BCUT2D eigenvalue weighted by Gasteiger charge is 2.20. The van der Waals surface area contributed by atoms with Crippen molar-refractivity contribution in [1.82, 2.24) is 4.90 Å². The maximum atomic E-state index is 11.8. The number of carbonyl (C=O) groups is 1. The molecule has 1 atom stereocenters. The largest absolute Gasteiger partial charge is 0.461 e. The number of carbonyl (C=O) groups excluding carboxylic acids is 1. The van der Waals surface area contributed by atoms with E-state index >= 15 is 0 Å². The predicted octanol–water partition coefficient (Wildman–Crippen LogP) is 2.26. The average Bonchev–Trinajstić information content (AvgIpc) is 2.38. The number of hydrogen-bond donors (Lipinski definition) is 0. The van der Waals surface area contributed by atoms with Crippen molar-refractivity contribution >= 4 is 5.97 Å². The molecule has 1 aliphatic heterocycles. The molecular weight excluding hydrogens is 226 g/mol. The zero-order valence-corrected chi connectivity index (χ0v) is 11.0. The van der Waals surface area contributed by atoms with Gasteiger partial charge in [-0.2, -0.15) is 0 Å². The number of esters is 1. The molecule has 1 heterocycles. The van der Waals surface area contributed by atoms with Gasteiger partial charge in [-0.25, -0.2) is 0 Å². The highest BCUT2D eigenvalue weighted by molar-refractivity contribution is 5.70. The Labute approximate surface area is 109 Å². The molecule has 0 N–H and O–H groups in total. The van der Waals surface area contributed by atoms with Crippen LogP contribution in [0.2, 0.25) is 0 Å². The lowest BCUT2D eigenvalue weighted by Crippen LogP contribution is -2.38. The lowest BCUT2D eigenvalue weighted by molar-refractivity contribution is -0.151. The number of piperidine rings is 1. The lowest BCUT2D eigenvalue weighted by atomic mass is 10.1. The lowest BCUT2D eigenvalue weighted by Gasteiger charge is -2.29. The highest BCUT2D eigenvalue weighted by atomic mass is 16.5. The van der Waals surface area contributed by atoms with Gasteiger partial charge in [-0.1, -0.05) is 30.3 Å². The molecule has 2 rings (SSSR count). The minimum atomic E-state index is -0.0702. The molecular formula is C15H21NO2. The number of nitrogens with zero attached hydrogens (tertiary/aromatic N) is 1. The first kappa shape index (κ1) is 13.1. The van der Waals surface area contributed by atoms with Crippen LogP contribution in [0.15, 0.2) is 30.3 Å². The van der Waals surface area contributed by atoms with Crippen LogP contribution in [0.4, 0.5) is 0 Å². The fraction of sp³-hybridized carbons (Fsp3) is 0.533. The minimum absolute atomic E-state index is 0.0702. The Morgan fingerprint density at radius 1 is 1.39 bits per heavy atom. The normalized spacial score (nSPS) is 20.6. The Morgan fingerprint density at radius 2 is 2.17 bits per heavy atom. The van der Waals surface area contributed by atoms with Gasteiger partial charge in [0.1, 0.15) is 6.10 Å². The van der Waals surface area contributed by atoms with Gasteiger partial charge in [-0.3, -0.25) is 4.79 Å². The fourth-order valence-corrected chi connectivity index (χ4v) is 2.35. The fourth-order valence-electron chi connectivity index (χ4n) is 2.35. The van der Waals surface area contributed by atoms with Crippen molar-refractivity contribution in [2.45, 2.75) is 31.8 Å². The third-order valence-corrected chi connectivity index (χ3v) is 3.34. The third-order valence-electron chi connectivity index (χ3n) is 3.34. The Bertz CT molecular complexity index is 377. The van der Waals surface area contributed by atoms with Crippen LogP contribution < -0.4 is 0 Å². The molecule has 1 saturated heterocycles. The summed E-state index contributed by atoms with van der Waals surface area (Å²) in [5, 5.41) is 0. The molecule has 0 bridgehead atoms. The topological polar surface area (TPSA) is 29.5 Å². The Balaban J connectivity index is 1.72. The summed E-state index contributed by atoms with van der Waals surface area (Å²) in [6.07, 6.45) is 3.45. The van der Waals surface area contributed by atoms with Crippen LogP contribution in [0.25, 0.3) is 0 Å². The molecule has 0 aromatic heterocycles. The van der Waals surface area contributed by atoms with Crippen LogP contribution in [0.5, 0.6) is 0 Å². The number of benzene rings is 1. The molecule has 98 valence electrons. The second-order valence-electron chi connectivity index (χ2n) is 5.00. The summed E-state index contributed by atoms with van der Waals surface area (Å²) in [6.45, 7) is 1.98. The van der Waals surface area contributed by atoms with E-state index in [2.05, 4.69) is 11.9 Å². The van der Waals surface area contributed by atoms with E-state index in [0.717, 1.165) is 32.4 Å². The second-order valence-corrected chi connectivity index (χ2v) is 5.00. The summed E-state index contributed by atoms with van der Waals surface area (Å²) in [6, 6.07) is 10.1. The second kappa shape index (κ2) is 6.55. The van der Waals surface area contributed by atoms with Crippen molar-refractivity contribution in [3.8, 4) is 0 Å². The molecule has 18 heavy (non-hydrogen) atoms. The van der Waals surface area contributed by atoms with Gasteiger partial charge in [0.15, 0.2) is 0 Å². The monoisotopic (exact) mass is 247 g/mol. The Kier molecular flexibility index (Phi) is 4.76. The van der Waals surface area contributed by atoms with Crippen molar-refractivity contribution in [3.63, 3.8) is 0 Å². The van der Waals surface area contributed by atoms with Crippen molar-refractivity contribution in [3.05, 3.63) is 35.9 Å². The molecule has 1 aromatic rings. The van der Waals surface area contributed by atoms with Crippen LogP contribution in [-0.4, -0.2) is 37.1 Å². The average molecular weight is 247 g/mol. The van der Waals surface area contributed by atoms with Gasteiger partial charge in [0.25, 0.3) is 0 Å². The third kappa shape index (κ3) is 4.15. The van der Waals surface area contributed by atoms with E-state index in [9.17, 15) is 4.79 Å². The molecule has 0 spiro atoms. The standard InChI is InChI=1S/C15H21NO2/c1-16-11-5-8-14(12-16)18-15(17)10-9-13-6-3-2-4-7-13/h2-4,6-7,14H,5,8-12H2,1H3. The summed E-state index contributed by atoms with van der Waals surface area (Å²) in [5.41, 5.74) is 1.19. The SMILES string of the molecule is CN1CCCC(OC(=O)CCc2ccccc2)C1. The molecule has 0 amide bonds. The molecule has 3 heteroatoms. The molecule has 0 saturated carbocycles. The molecule has 1 fully saturated rings. The van der Waals surface area contributed by atoms with Crippen molar-refractivity contribution in [2.75, 3.05) is 20.1 Å². The summed E-state index contributed by atoms with van der Waals surface area (Å²) in [4.78, 5) is 14.0. The molecule has 3 nitrogen and oxygen atoms in total. The maximum Gasteiger partial charge on any atom is 0.306 e. The van der Waals surface area contributed by atoms with E-state index in [-0.39, 0.29) is 12.1 Å². The number of ether oxygens (including phenoxy) is 1. The number of aryl methyl sites for hydroxylation is 1. The quantitative estimate of drug-likeness (QED) is 0.764. The smallest absolute Gasteiger partial charge is 0.306 e. The summed E-state index contributed by atoms with van der Waals surface area (Å²) < 4.78 is 5.50. The van der Waals surface area contributed by atoms with Gasteiger partial charge in [0.05, 0.1) is 0 Å². The van der Waals surface area contributed by atoms with Crippen molar-refractivity contribution in [2.24, 2.45) is 0 Å². The number of likely N-dealkylation sites (N-methyl/N-ethyl adjacent to an activating group) is 1. The first-order valence-corrected chi connectivity index (χ1v) is 6.66. The number of likely N-dealkylation sites (tertiary alicyclic amines) is 1. The Hall–Kier alpha value is -1.35. The summed E-state index contributed by atoms with van der Waals surface area (Å²) in [5.74, 6) is -0.0702. The van der Waals surface area contributed by atoms with Crippen molar-refractivity contribution in [1.29, 1.82) is 0 Å². The van der Waals surface area contributed by atoms with Crippen LogP contribution in [-0.2, 0) is 16.0 Å². The van der Waals surface area contributed by atoms with E-state index in [4.69, 9.17) is 4.74 Å². The molecule has 0 aliphatic carbocycles. The van der Waals surface area contributed by atoms with E-state index < -0.39 is 0 Å². The summed E-state index contributed by atoms with van der Waals surface area (Å²) in [7, 11) is 2.07. The maximum absolute atomic E-state index is 11.8. The van der Waals surface area contributed by atoms with Gasteiger partial charge in [0, 0.05) is 13.0 Å². The van der Waals surface area contributed by atoms with Crippen LogP contribution in [0, 0.1) is 0 Å². The molecule has 1 aromatic carbocycles. The van der Waals surface area contributed by atoms with Gasteiger partial charge in [-0.05, 0) is 38.4 Å². The minimum Gasteiger partial charge on any atom is -0.461 e.